The number of hydrogen-bond acceptors (Lipinski definition) is 6. The maximum atomic E-state index is 4.65. The molecule has 0 atom stereocenters. The van der Waals surface area contributed by atoms with Crippen LogP contribution in [0.3, 0.4) is 0 Å². The summed E-state index contributed by atoms with van der Waals surface area (Å²) in [4.78, 5) is 0. The third-order valence-corrected chi connectivity index (χ3v) is 4.39. The number of anilines is 1. The van der Waals surface area contributed by atoms with Gasteiger partial charge in [0.25, 0.3) is 5.95 Å². The SMILES string of the molecule is C(=N\Nc1nnc2n1N=C(c1ccccc1)CS2)/c1ccccc1. The zero-order chi connectivity index (χ0) is 16.2. The lowest BCUT2D eigenvalue weighted by molar-refractivity contribution is 0.760. The summed E-state index contributed by atoms with van der Waals surface area (Å²) in [7, 11) is 0. The Morgan fingerprint density at radius 3 is 2.54 bits per heavy atom. The molecule has 1 aliphatic rings. The highest BCUT2D eigenvalue weighted by molar-refractivity contribution is 7.99. The normalized spacial score (nSPS) is 13.6. The minimum atomic E-state index is 0.498. The monoisotopic (exact) mass is 334 g/mol. The molecular weight excluding hydrogens is 320 g/mol. The highest BCUT2D eigenvalue weighted by Crippen LogP contribution is 2.25. The van der Waals surface area contributed by atoms with Crippen LogP contribution in [0.25, 0.3) is 0 Å². The minimum absolute atomic E-state index is 0.498. The number of nitrogens with one attached hydrogen (secondary N) is 1. The molecule has 1 N–H and O–H groups in total. The van der Waals surface area contributed by atoms with Crippen LogP contribution in [0.15, 0.2) is 76.0 Å². The van der Waals surface area contributed by atoms with Gasteiger partial charge in [-0.2, -0.15) is 14.9 Å². The molecule has 0 amide bonds. The average Bonchev–Trinajstić information content (AvgIpc) is 3.06. The summed E-state index contributed by atoms with van der Waals surface area (Å²) in [5, 5.41) is 17.9. The van der Waals surface area contributed by atoms with Crippen molar-refractivity contribution in [1.29, 1.82) is 0 Å². The fourth-order valence-corrected chi connectivity index (χ4v) is 3.11. The summed E-state index contributed by atoms with van der Waals surface area (Å²) < 4.78 is 1.69. The van der Waals surface area contributed by atoms with Crippen molar-refractivity contribution in [1.82, 2.24) is 14.9 Å². The van der Waals surface area contributed by atoms with E-state index in [2.05, 4.69) is 38.0 Å². The Hall–Kier alpha value is -2.93. The number of benzene rings is 2. The number of rotatable bonds is 4. The zero-order valence-electron chi connectivity index (χ0n) is 12.7. The molecule has 118 valence electrons. The first kappa shape index (κ1) is 14.6. The van der Waals surface area contributed by atoms with E-state index in [-0.39, 0.29) is 0 Å². The van der Waals surface area contributed by atoms with Crippen LogP contribution in [0.4, 0.5) is 5.95 Å². The fraction of sp³-hybridized carbons (Fsp3) is 0.0588. The zero-order valence-corrected chi connectivity index (χ0v) is 13.5. The molecule has 0 spiro atoms. The predicted octanol–water partition coefficient (Wildman–Crippen LogP) is 3.08. The first-order valence-corrected chi connectivity index (χ1v) is 8.44. The molecule has 0 unspecified atom stereocenters. The van der Waals surface area contributed by atoms with E-state index in [4.69, 9.17) is 0 Å². The van der Waals surface area contributed by atoms with Crippen LogP contribution in [0.5, 0.6) is 0 Å². The Labute approximate surface area is 143 Å². The van der Waals surface area contributed by atoms with Crippen molar-refractivity contribution in [3.05, 3.63) is 71.8 Å². The van der Waals surface area contributed by atoms with Crippen molar-refractivity contribution in [2.75, 3.05) is 11.2 Å². The number of thioether (sulfide) groups is 1. The Morgan fingerprint density at radius 2 is 1.75 bits per heavy atom. The number of fused-ring (bicyclic) bond motifs is 1. The maximum absolute atomic E-state index is 4.65. The van der Waals surface area contributed by atoms with E-state index in [0.29, 0.717) is 5.95 Å². The van der Waals surface area contributed by atoms with Gasteiger partial charge in [-0.15, -0.1) is 10.2 Å². The van der Waals surface area contributed by atoms with Gasteiger partial charge in [0.1, 0.15) is 0 Å². The van der Waals surface area contributed by atoms with Gasteiger partial charge >= 0.3 is 0 Å². The molecule has 3 aromatic rings. The molecule has 24 heavy (non-hydrogen) atoms. The molecule has 0 radical (unpaired) electrons. The Balaban J connectivity index is 1.57. The van der Waals surface area contributed by atoms with Gasteiger partial charge in [-0.1, -0.05) is 72.4 Å². The summed E-state index contributed by atoms with van der Waals surface area (Å²) in [5.74, 6) is 1.27. The van der Waals surface area contributed by atoms with E-state index in [9.17, 15) is 0 Å². The average molecular weight is 334 g/mol. The van der Waals surface area contributed by atoms with Crippen LogP contribution in [-0.4, -0.2) is 32.6 Å². The number of aromatic nitrogens is 3. The van der Waals surface area contributed by atoms with Crippen LogP contribution in [0, 0.1) is 0 Å². The molecule has 7 heteroatoms. The minimum Gasteiger partial charge on any atom is -0.244 e. The van der Waals surface area contributed by atoms with E-state index < -0.39 is 0 Å². The second-order valence-corrected chi connectivity index (χ2v) is 6.04. The molecule has 0 fully saturated rings. The molecule has 2 heterocycles. The quantitative estimate of drug-likeness (QED) is 0.588. The number of hydrogen-bond donors (Lipinski definition) is 1. The van der Waals surface area contributed by atoms with Crippen molar-refractivity contribution in [2.45, 2.75) is 5.16 Å². The van der Waals surface area contributed by atoms with E-state index in [0.717, 1.165) is 27.7 Å². The molecule has 1 aromatic heterocycles. The Bertz CT molecular complexity index is 886. The molecule has 0 saturated carbocycles. The van der Waals surface area contributed by atoms with Gasteiger partial charge in [0.15, 0.2) is 0 Å². The first-order valence-electron chi connectivity index (χ1n) is 7.46. The molecule has 0 bridgehead atoms. The van der Waals surface area contributed by atoms with Gasteiger partial charge in [-0.05, 0) is 11.1 Å². The lowest BCUT2D eigenvalue weighted by Crippen LogP contribution is -2.14. The molecular formula is C17H14N6S. The van der Waals surface area contributed by atoms with Gasteiger partial charge in [0, 0.05) is 5.75 Å². The largest absolute Gasteiger partial charge is 0.266 e. The first-order chi connectivity index (χ1) is 11.9. The third kappa shape index (κ3) is 3.07. The van der Waals surface area contributed by atoms with E-state index in [1.807, 2.05) is 48.5 Å². The Morgan fingerprint density at radius 1 is 1.00 bits per heavy atom. The fourth-order valence-electron chi connectivity index (χ4n) is 2.27. The summed E-state index contributed by atoms with van der Waals surface area (Å²) in [6.45, 7) is 0. The second-order valence-electron chi connectivity index (χ2n) is 5.10. The molecule has 0 saturated heterocycles. The van der Waals surface area contributed by atoms with E-state index in [1.165, 1.54) is 0 Å². The smallest absolute Gasteiger partial charge is 0.244 e. The topological polar surface area (TPSA) is 67.5 Å². The van der Waals surface area contributed by atoms with Gasteiger partial charge in [0.05, 0.1) is 11.9 Å². The van der Waals surface area contributed by atoms with Crippen LogP contribution in [0.2, 0.25) is 0 Å². The summed E-state index contributed by atoms with van der Waals surface area (Å²) in [6, 6.07) is 20.0. The van der Waals surface area contributed by atoms with E-state index >= 15 is 0 Å². The standard InChI is InChI=1S/C17H14N6S/c1-3-7-13(8-4-1)11-18-19-16-20-21-17-23(16)22-15(12-24-17)14-9-5-2-6-10-14/h1-11H,12H2,(H,19,20)/b18-11+. The van der Waals surface area contributed by atoms with E-state index in [1.54, 1.807) is 22.7 Å². The Kier molecular flexibility index (Phi) is 4.07. The predicted molar refractivity (Wildman–Crippen MR) is 96.8 cm³/mol. The highest BCUT2D eigenvalue weighted by Gasteiger charge is 2.19. The number of nitrogens with zero attached hydrogens (tertiary/aromatic N) is 5. The lowest BCUT2D eigenvalue weighted by atomic mass is 10.1. The highest BCUT2D eigenvalue weighted by atomic mass is 32.2. The van der Waals surface area contributed by atoms with Crippen molar-refractivity contribution in [2.24, 2.45) is 10.2 Å². The van der Waals surface area contributed by atoms with Gasteiger partial charge < -0.3 is 0 Å². The molecule has 0 aliphatic carbocycles. The van der Waals surface area contributed by atoms with Crippen molar-refractivity contribution in [3.63, 3.8) is 0 Å². The summed E-state index contributed by atoms with van der Waals surface area (Å²) >= 11 is 1.61. The summed E-state index contributed by atoms with van der Waals surface area (Å²) in [5.41, 5.74) is 6.01. The van der Waals surface area contributed by atoms with Crippen molar-refractivity contribution in [3.8, 4) is 0 Å². The lowest BCUT2D eigenvalue weighted by Gasteiger charge is -2.13. The van der Waals surface area contributed by atoms with Crippen molar-refractivity contribution >= 4 is 29.6 Å². The van der Waals surface area contributed by atoms with Gasteiger partial charge in [-0.25, -0.2) is 5.43 Å². The molecule has 6 nitrogen and oxygen atoms in total. The second kappa shape index (κ2) is 6.67. The summed E-state index contributed by atoms with van der Waals surface area (Å²) in [6.07, 6.45) is 1.74. The van der Waals surface area contributed by atoms with Crippen LogP contribution >= 0.6 is 11.8 Å². The molecule has 1 aliphatic heterocycles. The van der Waals surface area contributed by atoms with Crippen LogP contribution in [-0.2, 0) is 0 Å². The molecule has 2 aromatic carbocycles. The third-order valence-electron chi connectivity index (χ3n) is 3.46. The number of hydrazone groups is 1. The van der Waals surface area contributed by atoms with Crippen LogP contribution in [0.1, 0.15) is 11.1 Å². The van der Waals surface area contributed by atoms with Crippen LogP contribution < -0.4 is 5.43 Å². The van der Waals surface area contributed by atoms with Gasteiger partial charge in [-0.3, -0.25) is 0 Å². The van der Waals surface area contributed by atoms with Crippen molar-refractivity contribution < 1.29 is 0 Å². The molecule has 4 rings (SSSR count). The van der Waals surface area contributed by atoms with Gasteiger partial charge in [0.2, 0.25) is 5.16 Å². The maximum Gasteiger partial charge on any atom is 0.266 e.